The Hall–Kier alpha value is -0.750. The van der Waals surface area contributed by atoms with Crippen LogP contribution in [0.3, 0.4) is 0 Å². The van der Waals surface area contributed by atoms with Gasteiger partial charge in [0.2, 0.25) is 0 Å². The lowest BCUT2D eigenvalue weighted by molar-refractivity contribution is 0.252. The van der Waals surface area contributed by atoms with Gasteiger partial charge < -0.3 is 4.74 Å². The first kappa shape index (κ1) is 17.6. The number of benzene rings is 2. The minimum absolute atomic E-state index is 0.0605. The molecule has 118 valence electrons. The molecular weight excluding hydrogens is 380 g/mol. The fourth-order valence-corrected chi connectivity index (χ4v) is 3.32. The van der Waals surface area contributed by atoms with E-state index in [1.807, 2.05) is 0 Å². The highest BCUT2D eigenvalue weighted by atomic mass is 35.5. The summed E-state index contributed by atoms with van der Waals surface area (Å²) >= 11 is 18.0. The van der Waals surface area contributed by atoms with Gasteiger partial charge in [-0.1, -0.05) is 35.0 Å². The summed E-state index contributed by atoms with van der Waals surface area (Å²) in [6, 6.07) is 6.51. The summed E-state index contributed by atoms with van der Waals surface area (Å²) in [6.45, 7) is 0. The van der Waals surface area contributed by atoms with Gasteiger partial charge in [0.05, 0.1) is 10.9 Å². The Morgan fingerprint density at radius 2 is 1.86 bits per heavy atom. The molecule has 0 aliphatic rings. The zero-order valence-corrected chi connectivity index (χ0v) is 13.8. The maximum Gasteiger partial charge on any atom is 0.288 e. The second-order valence-electron chi connectivity index (χ2n) is 4.07. The van der Waals surface area contributed by atoms with Gasteiger partial charge in [-0.05, 0) is 24.3 Å². The number of rotatable bonds is 5. The minimum Gasteiger partial charge on any atom is -0.456 e. The lowest BCUT2D eigenvalue weighted by Gasteiger charge is -2.13. The number of halogens is 6. The Balaban J connectivity index is 2.35. The van der Waals surface area contributed by atoms with E-state index in [0.717, 1.165) is 12.1 Å². The summed E-state index contributed by atoms with van der Waals surface area (Å²) in [5, 5.41) is 0.259. The van der Waals surface area contributed by atoms with Crippen molar-refractivity contribution < 1.29 is 17.9 Å². The van der Waals surface area contributed by atoms with Crippen LogP contribution in [-0.4, -0.2) is 5.76 Å². The van der Waals surface area contributed by atoms with Crippen LogP contribution in [0.15, 0.2) is 35.2 Å². The standard InChI is InChI=1S/C14H8Cl3F3OS/c15-6-10-12(22-14(19)20)2-1-11(13(10)17)21-9-4-7(16)3-8(18)5-9/h1-5,14H,6H2. The zero-order chi connectivity index (χ0) is 16.3. The van der Waals surface area contributed by atoms with Crippen LogP contribution < -0.4 is 4.74 Å². The molecule has 1 nitrogen and oxygen atoms in total. The Morgan fingerprint density at radius 1 is 1.14 bits per heavy atom. The summed E-state index contributed by atoms with van der Waals surface area (Å²) < 4.78 is 43.7. The predicted octanol–water partition coefficient (Wildman–Crippen LogP) is 6.98. The first-order chi connectivity index (χ1) is 10.4. The predicted molar refractivity (Wildman–Crippen MR) is 84.4 cm³/mol. The molecule has 2 aromatic rings. The van der Waals surface area contributed by atoms with E-state index in [1.54, 1.807) is 0 Å². The highest BCUT2D eigenvalue weighted by molar-refractivity contribution is 7.99. The number of thioether (sulfide) groups is 1. The monoisotopic (exact) mass is 386 g/mol. The Labute approximate surface area is 144 Å². The summed E-state index contributed by atoms with van der Waals surface area (Å²) in [4.78, 5) is 0.264. The maximum absolute atomic E-state index is 13.3. The van der Waals surface area contributed by atoms with Crippen molar-refractivity contribution in [3.8, 4) is 11.5 Å². The van der Waals surface area contributed by atoms with Crippen molar-refractivity contribution >= 4 is 46.6 Å². The molecule has 0 spiro atoms. The second kappa shape index (κ2) is 7.68. The molecular formula is C14H8Cl3F3OS. The Morgan fingerprint density at radius 3 is 2.45 bits per heavy atom. The second-order valence-corrected chi connectivity index (χ2v) is 6.19. The molecule has 22 heavy (non-hydrogen) atoms. The summed E-state index contributed by atoms with van der Waals surface area (Å²) in [5.74, 6) is -2.90. The average molecular weight is 388 g/mol. The van der Waals surface area contributed by atoms with Crippen LogP contribution in [0.2, 0.25) is 10.0 Å². The van der Waals surface area contributed by atoms with Gasteiger partial charge in [-0.25, -0.2) is 4.39 Å². The number of hydrogen-bond donors (Lipinski definition) is 0. The first-order valence-corrected chi connectivity index (χ1v) is 8.04. The van der Waals surface area contributed by atoms with Crippen LogP contribution in [0.25, 0.3) is 0 Å². The summed E-state index contributed by atoms with van der Waals surface area (Å²) in [6.07, 6.45) is 0. The van der Waals surface area contributed by atoms with E-state index in [2.05, 4.69) is 0 Å². The molecule has 0 aromatic heterocycles. The van der Waals surface area contributed by atoms with Gasteiger partial charge in [0.15, 0.2) is 0 Å². The highest BCUT2D eigenvalue weighted by Gasteiger charge is 2.16. The molecule has 0 bridgehead atoms. The van der Waals surface area contributed by atoms with Crippen LogP contribution in [0, 0.1) is 5.82 Å². The normalized spacial score (nSPS) is 11.0. The molecule has 0 saturated carbocycles. The molecule has 0 radical (unpaired) electrons. The summed E-state index contributed by atoms with van der Waals surface area (Å²) in [5.41, 5.74) is 0.327. The van der Waals surface area contributed by atoms with Gasteiger partial charge in [0.25, 0.3) is 5.76 Å². The number of ether oxygens (including phenoxy) is 1. The van der Waals surface area contributed by atoms with Gasteiger partial charge in [-0.2, -0.15) is 8.78 Å². The van der Waals surface area contributed by atoms with Crippen LogP contribution in [0.4, 0.5) is 13.2 Å². The molecule has 0 unspecified atom stereocenters. The molecule has 0 aliphatic carbocycles. The molecule has 2 aromatic carbocycles. The van der Waals surface area contributed by atoms with Gasteiger partial charge in [-0.3, -0.25) is 0 Å². The third-order valence-corrected chi connectivity index (χ3v) is 4.29. The summed E-state index contributed by atoms with van der Waals surface area (Å²) in [7, 11) is 0. The highest BCUT2D eigenvalue weighted by Crippen LogP contribution is 2.40. The molecule has 0 saturated heterocycles. The third kappa shape index (κ3) is 4.38. The van der Waals surface area contributed by atoms with Crippen LogP contribution in [-0.2, 0) is 5.88 Å². The molecule has 0 fully saturated rings. The lowest BCUT2D eigenvalue weighted by Crippen LogP contribution is -1.94. The fraction of sp³-hybridized carbons (Fsp3) is 0.143. The first-order valence-electron chi connectivity index (χ1n) is 5.87. The third-order valence-electron chi connectivity index (χ3n) is 2.58. The lowest BCUT2D eigenvalue weighted by atomic mass is 10.2. The quantitative estimate of drug-likeness (QED) is 0.404. The van der Waals surface area contributed by atoms with Crippen molar-refractivity contribution in [2.45, 2.75) is 16.5 Å². The molecule has 8 heteroatoms. The van der Waals surface area contributed by atoms with Gasteiger partial charge in [0.1, 0.15) is 17.3 Å². The molecule has 0 N–H and O–H groups in total. The zero-order valence-electron chi connectivity index (χ0n) is 10.8. The smallest absolute Gasteiger partial charge is 0.288 e. The van der Waals surface area contributed by atoms with Crippen molar-refractivity contribution in [1.82, 2.24) is 0 Å². The van der Waals surface area contributed by atoms with Gasteiger partial charge in [-0.15, -0.1) is 11.6 Å². The van der Waals surface area contributed by atoms with Crippen LogP contribution >= 0.6 is 46.6 Å². The van der Waals surface area contributed by atoms with Crippen molar-refractivity contribution in [1.29, 1.82) is 0 Å². The van der Waals surface area contributed by atoms with Crippen molar-refractivity contribution in [3.63, 3.8) is 0 Å². The SMILES string of the molecule is Fc1cc(Cl)cc(Oc2ccc(SC(F)F)c(CCl)c2Cl)c1. The largest absolute Gasteiger partial charge is 0.456 e. The van der Waals surface area contributed by atoms with E-state index in [9.17, 15) is 13.2 Å². The number of hydrogen-bond acceptors (Lipinski definition) is 2. The van der Waals surface area contributed by atoms with E-state index in [-0.39, 0.29) is 32.3 Å². The van der Waals surface area contributed by atoms with Crippen molar-refractivity contribution in [2.24, 2.45) is 0 Å². The average Bonchev–Trinajstić information content (AvgIpc) is 2.40. The molecule has 0 atom stereocenters. The molecule has 2 rings (SSSR count). The van der Waals surface area contributed by atoms with E-state index < -0.39 is 11.6 Å². The minimum atomic E-state index is -2.59. The molecule has 0 heterocycles. The van der Waals surface area contributed by atoms with Crippen molar-refractivity contribution in [3.05, 3.63) is 51.8 Å². The van der Waals surface area contributed by atoms with Gasteiger partial charge >= 0.3 is 0 Å². The van der Waals surface area contributed by atoms with Gasteiger partial charge in [0, 0.05) is 21.5 Å². The maximum atomic E-state index is 13.3. The van der Waals surface area contributed by atoms with Crippen LogP contribution in [0.5, 0.6) is 11.5 Å². The fourth-order valence-electron chi connectivity index (χ4n) is 1.71. The molecule has 0 aliphatic heterocycles. The van der Waals surface area contributed by atoms with E-state index in [4.69, 9.17) is 39.5 Å². The topological polar surface area (TPSA) is 9.23 Å². The number of alkyl halides is 3. The van der Waals surface area contributed by atoms with E-state index >= 15 is 0 Å². The van der Waals surface area contributed by atoms with E-state index in [1.165, 1.54) is 18.2 Å². The van der Waals surface area contributed by atoms with Crippen molar-refractivity contribution in [2.75, 3.05) is 0 Å². The molecule has 0 amide bonds. The van der Waals surface area contributed by atoms with E-state index in [0.29, 0.717) is 17.3 Å². The Bertz CT molecular complexity index is 662. The Kier molecular flexibility index (Phi) is 6.15. The van der Waals surface area contributed by atoms with Crippen LogP contribution in [0.1, 0.15) is 5.56 Å².